The van der Waals surface area contributed by atoms with E-state index in [0.29, 0.717) is 11.5 Å². The number of amides is 1. The molecule has 0 aliphatic carbocycles. The number of nitrogens with one attached hydrogen (secondary N) is 1. The van der Waals surface area contributed by atoms with Crippen LogP contribution >= 0.6 is 0 Å². The maximum absolute atomic E-state index is 11.9. The van der Waals surface area contributed by atoms with Crippen LogP contribution in [0.15, 0.2) is 30.3 Å². The molecule has 114 valence electrons. The second kappa shape index (κ2) is 7.93. The minimum atomic E-state index is -0.0208. The Morgan fingerprint density at radius 2 is 2.00 bits per heavy atom. The van der Waals surface area contributed by atoms with Gasteiger partial charge in [-0.25, -0.2) is 0 Å². The van der Waals surface area contributed by atoms with Crippen molar-refractivity contribution in [3.05, 3.63) is 35.9 Å². The van der Waals surface area contributed by atoms with Gasteiger partial charge < -0.3 is 10.2 Å². The molecule has 1 heterocycles. The first-order chi connectivity index (χ1) is 10.1. The summed E-state index contributed by atoms with van der Waals surface area (Å²) in [5.41, 5.74) is 0.680. The van der Waals surface area contributed by atoms with Crippen LogP contribution < -0.4 is 5.32 Å². The summed E-state index contributed by atoms with van der Waals surface area (Å²) >= 11 is 0. The molecule has 4 nitrogen and oxygen atoms in total. The lowest BCUT2D eigenvalue weighted by molar-refractivity contribution is -0.121. The standard InChI is InChI=1S/C17H24N2O2/c1-19-11-5-6-14(13-19)12-18-17(21)10-9-16(20)15-7-3-2-4-8-15/h2-4,7-8,14H,5-6,9-13H2,1H3,(H,18,21)/t14-/m0/s1. The van der Waals surface area contributed by atoms with Gasteiger partial charge >= 0.3 is 0 Å². The summed E-state index contributed by atoms with van der Waals surface area (Å²) in [6.45, 7) is 2.92. The van der Waals surface area contributed by atoms with Gasteiger partial charge in [-0.2, -0.15) is 0 Å². The maximum Gasteiger partial charge on any atom is 0.220 e. The fourth-order valence-corrected chi connectivity index (χ4v) is 2.78. The Balaban J connectivity index is 1.67. The van der Waals surface area contributed by atoms with E-state index >= 15 is 0 Å². The Morgan fingerprint density at radius 1 is 1.24 bits per heavy atom. The molecule has 1 N–H and O–H groups in total. The van der Waals surface area contributed by atoms with Crippen molar-refractivity contribution in [2.75, 3.05) is 26.7 Å². The molecule has 1 fully saturated rings. The van der Waals surface area contributed by atoms with Crippen molar-refractivity contribution in [2.24, 2.45) is 5.92 Å². The molecule has 1 aliphatic heterocycles. The third-order valence-corrected chi connectivity index (χ3v) is 3.98. The van der Waals surface area contributed by atoms with Crippen LogP contribution in [0.25, 0.3) is 0 Å². The molecule has 0 aromatic heterocycles. The molecule has 0 spiro atoms. The van der Waals surface area contributed by atoms with E-state index in [-0.39, 0.29) is 24.5 Å². The molecule has 0 radical (unpaired) electrons. The first-order valence-electron chi connectivity index (χ1n) is 7.68. The number of benzene rings is 1. The first kappa shape index (κ1) is 15.7. The predicted octanol–water partition coefficient (Wildman–Crippen LogP) is 2.11. The van der Waals surface area contributed by atoms with Crippen LogP contribution in [-0.2, 0) is 4.79 Å². The summed E-state index contributed by atoms with van der Waals surface area (Å²) in [6.07, 6.45) is 2.92. The van der Waals surface area contributed by atoms with Gasteiger partial charge in [0.1, 0.15) is 0 Å². The number of rotatable bonds is 6. The van der Waals surface area contributed by atoms with E-state index in [9.17, 15) is 9.59 Å². The summed E-state index contributed by atoms with van der Waals surface area (Å²) < 4.78 is 0. The van der Waals surface area contributed by atoms with Crippen molar-refractivity contribution >= 4 is 11.7 Å². The minimum Gasteiger partial charge on any atom is -0.356 e. The van der Waals surface area contributed by atoms with Crippen molar-refractivity contribution < 1.29 is 9.59 Å². The highest BCUT2D eigenvalue weighted by atomic mass is 16.2. The summed E-state index contributed by atoms with van der Waals surface area (Å²) in [5.74, 6) is 0.549. The van der Waals surface area contributed by atoms with Crippen LogP contribution in [0.1, 0.15) is 36.0 Å². The normalized spacial score (nSPS) is 19.2. The second-order valence-electron chi connectivity index (χ2n) is 5.86. The van der Waals surface area contributed by atoms with Crippen LogP contribution in [0.3, 0.4) is 0 Å². The van der Waals surface area contributed by atoms with Gasteiger partial charge in [-0.3, -0.25) is 9.59 Å². The van der Waals surface area contributed by atoms with Gasteiger partial charge in [-0.05, 0) is 32.4 Å². The predicted molar refractivity (Wildman–Crippen MR) is 83.2 cm³/mol. The average Bonchev–Trinajstić information content (AvgIpc) is 2.51. The number of Topliss-reactive ketones (excluding diaryl/α,β-unsaturated/α-hetero) is 1. The Morgan fingerprint density at radius 3 is 2.71 bits per heavy atom. The molecule has 1 atom stereocenters. The number of hydrogen-bond acceptors (Lipinski definition) is 3. The molecule has 0 unspecified atom stereocenters. The van der Waals surface area contributed by atoms with Crippen molar-refractivity contribution in [2.45, 2.75) is 25.7 Å². The SMILES string of the molecule is CN1CCC[C@@H](CNC(=O)CCC(=O)c2ccccc2)C1. The Kier molecular flexibility index (Phi) is 5.93. The lowest BCUT2D eigenvalue weighted by atomic mass is 9.98. The van der Waals surface area contributed by atoms with Crippen LogP contribution in [-0.4, -0.2) is 43.3 Å². The Labute approximate surface area is 126 Å². The number of hydrogen-bond donors (Lipinski definition) is 1. The molecule has 1 aromatic carbocycles. The van der Waals surface area contributed by atoms with E-state index in [0.717, 1.165) is 19.6 Å². The molecule has 1 aliphatic rings. The molecule has 0 bridgehead atoms. The number of piperidine rings is 1. The maximum atomic E-state index is 11.9. The summed E-state index contributed by atoms with van der Waals surface area (Å²) in [4.78, 5) is 26.0. The zero-order chi connectivity index (χ0) is 15.1. The molecule has 0 saturated carbocycles. The van der Waals surface area contributed by atoms with Gasteiger partial charge in [0.25, 0.3) is 0 Å². The van der Waals surface area contributed by atoms with Crippen LogP contribution in [0.2, 0.25) is 0 Å². The zero-order valence-electron chi connectivity index (χ0n) is 12.7. The van der Waals surface area contributed by atoms with Crippen LogP contribution in [0.5, 0.6) is 0 Å². The average molecular weight is 288 g/mol. The molecule has 1 saturated heterocycles. The van der Waals surface area contributed by atoms with Gasteiger partial charge in [0.2, 0.25) is 5.91 Å². The largest absolute Gasteiger partial charge is 0.356 e. The van der Waals surface area contributed by atoms with E-state index < -0.39 is 0 Å². The van der Waals surface area contributed by atoms with Gasteiger partial charge in [0, 0.05) is 31.5 Å². The third kappa shape index (κ3) is 5.31. The number of carbonyl (C=O) groups excluding carboxylic acids is 2. The number of carbonyl (C=O) groups is 2. The van der Waals surface area contributed by atoms with Crippen LogP contribution in [0, 0.1) is 5.92 Å². The number of ketones is 1. The fraction of sp³-hybridized carbons (Fsp3) is 0.529. The second-order valence-corrected chi connectivity index (χ2v) is 5.86. The molecule has 21 heavy (non-hydrogen) atoms. The van der Waals surface area contributed by atoms with Crippen molar-refractivity contribution in [1.82, 2.24) is 10.2 Å². The molecule has 1 aromatic rings. The smallest absolute Gasteiger partial charge is 0.220 e. The minimum absolute atomic E-state index is 0.0208. The highest BCUT2D eigenvalue weighted by molar-refractivity contribution is 5.97. The lowest BCUT2D eigenvalue weighted by Gasteiger charge is -2.29. The summed E-state index contributed by atoms with van der Waals surface area (Å²) in [6, 6.07) is 9.14. The Hall–Kier alpha value is -1.68. The molecule has 2 rings (SSSR count). The quantitative estimate of drug-likeness (QED) is 0.816. The third-order valence-electron chi connectivity index (χ3n) is 3.98. The fourth-order valence-electron chi connectivity index (χ4n) is 2.78. The van der Waals surface area contributed by atoms with Gasteiger partial charge in [0.05, 0.1) is 0 Å². The molecular weight excluding hydrogens is 264 g/mol. The van der Waals surface area contributed by atoms with Crippen LogP contribution in [0.4, 0.5) is 0 Å². The van der Waals surface area contributed by atoms with E-state index in [1.807, 2.05) is 18.2 Å². The van der Waals surface area contributed by atoms with Gasteiger partial charge in [-0.1, -0.05) is 30.3 Å². The van der Waals surface area contributed by atoms with Gasteiger partial charge in [0.15, 0.2) is 5.78 Å². The zero-order valence-corrected chi connectivity index (χ0v) is 12.7. The number of likely N-dealkylation sites (tertiary alicyclic amines) is 1. The van der Waals surface area contributed by atoms with Crippen molar-refractivity contribution in [3.63, 3.8) is 0 Å². The highest BCUT2D eigenvalue weighted by Crippen LogP contribution is 2.14. The molecular formula is C17H24N2O2. The molecule has 4 heteroatoms. The van der Waals surface area contributed by atoms with E-state index in [1.54, 1.807) is 12.1 Å². The van der Waals surface area contributed by atoms with E-state index in [1.165, 1.54) is 12.8 Å². The number of nitrogens with zero attached hydrogens (tertiary/aromatic N) is 1. The van der Waals surface area contributed by atoms with Crippen molar-refractivity contribution in [3.8, 4) is 0 Å². The molecule has 1 amide bonds. The Bertz CT molecular complexity index is 473. The van der Waals surface area contributed by atoms with E-state index in [2.05, 4.69) is 17.3 Å². The van der Waals surface area contributed by atoms with Crippen molar-refractivity contribution in [1.29, 1.82) is 0 Å². The monoisotopic (exact) mass is 288 g/mol. The first-order valence-corrected chi connectivity index (χ1v) is 7.68. The van der Waals surface area contributed by atoms with Gasteiger partial charge in [-0.15, -0.1) is 0 Å². The summed E-state index contributed by atoms with van der Waals surface area (Å²) in [5, 5.41) is 2.96. The lowest BCUT2D eigenvalue weighted by Crippen LogP contribution is -2.39. The summed E-state index contributed by atoms with van der Waals surface area (Å²) in [7, 11) is 2.12. The van der Waals surface area contributed by atoms with E-state index in [4.69, 9.17) is 0 Å². The highest BCUT2D eigenvalue weighted by Gasteiger charge is 2.17. The topological polar surface area (TPSA) is 49.4 Å².